The van der Waals surface area contributed by atoms with E-state index in [1.54, 1.807) is 13.8 Å². The Bertz CT molecular complexity index is 673. The van der Waals surface area contributed by atoms with E-state index in [1.807, 2.05) is 0 Å². The standard InChI is InChI=1S/C18H22O6/c1-9(19)3-11-5-15(21)17(23)7-13(11)14-8-18(24)16(22)6-12(14)4-10(2)20/h5-10,19-24H,3-4H2,1-2H3/t9-,10-/m0/s1. The second kappa shape index (κ2) is 6.98. The van der Waals surface area contributed by atoms with Gasteiger partial charge in [0.25, 0.3) is 0 Å². The molecule has 0 spiro atoms. The lowest BCUT2D eigenvalue weighted by molar-refractivity contribution is 0.194. The molecule has 6 heteroatoms. The fraction of sp³-hybridized carbons (Fsp3) is 0.333. The molecule has 0 bridgehead atoms. The van der Waals surface area contributed by atoms with Crippen molar-refractivity contribution in [3.8, 4) is 34.1 Å². The van der Waals surface area contributed by atoms with Crippen molar-refractivity contribution in [1.82, 2.24) is 0 Å². The molecule has 6 N–H and O–H groups in total. The summed E-state index contributed by atoms with van der Waals surface area (Å²) < 4.78 is 0. The Hall–Kier alpha value is -2.44. The van der Waals surface area contributed by atoms with Gasteiger partial charge >= 0.3 is 0 Å². The molecule has 2 rings (SSSR count). The zero-order valence-electron chi connectivity index (χ0n) is 13.6. The Morgan fingerprint density at radius 2 is 0.917 bits per heavy atom. The number of rotatable bonds is 5. The van der Waals surface area contributed by atoms with Gasteiger partial charge in [0.15, 0.2) is 23.0 Å². The van der Waals surface area contributed by atoms with Crippen LogP contribution >= 0.6 is 0 Å². The molecule has 2 aromatic carbocycles. The lowest BCUT2D eigenvalue weighted by Gasteiger charge is -2.18. The van der Waals surface area contributed by atoms with Gasteiger partial charge in [0.1, 0.15) is 0 Å². The van der Waals surface area contributed by atoms with Gasteiger partial charge in [0.05, 0.1) is 12.2 Å². The van der Waals surface area contributed by atoms with Gasteiger partial charge in [-0.1, -0.05) is 0 Å². The average molecular weight is 334 g/mol. The highest BCUT2D eigenvalue weighted by Crippen LogP contribution is 2.40. The summed E-state index contributed by atoms with van der Waals surface area (Å²) >= 11 is 0. The van der Waals surface area contributed by atoms with E-state index in [2.05, 4.69) is 0 Å². The summed E-state index contributed by atoms with van der Waals surface area (Å²) in [7, 11) is 0. The van der Waals surface area contributed by atoms with Gasteiger partial charge in [-0.2, -0.15) is 0 Å². The van der Waals surface area contributed by atoms with Crippen LogP contribution < -0.4 is 0 Å². The number of aliphatic hydroxyl groups excluding tert-OH is 2. The first-order valence-corrected chi connectivity index (χ1v) is 7.65. The number of phenols is 4. The van der Waals surface area contributed by atoms with E-state index in [4.69, 9.17) is 0 Å². The first-order chi connectivity index (χ1) is 11.2. The van der Waals surface area contributed by atoms with E-state index in [-0.39, 0.29) is 35.8 Å². The highest BCUT2D eigenvalue weighted by molar-refractivity contribution is 5.76. The third-order valence-corrected chi connectivity index (χ3v) is 3.72. The minimum Gasteiger partial charge on any atom is -0.504 e. The maximum atomic E-state index is 9.84. The predicted octanol–water partition coefficient (Wildman–Crippen LogP) is 2.02. The van der Waals surface area contributed by atoms with E-state index in [0.717, 1.165) is 0 Å². The van der Waals surface area contributed by atoms with Crippen LogP contribution in [0.5, 0.6) is 23.0 Å². The van der Waals surface area contributed by atoms with Gasteiger partial charge < -0.3 is 30.6 Å². The summed E-state index contributed by atoms with van der Waals surface area (Å²) in [6.07, 6.45) is -0.921. The highest BCUT2D eigenvalue weighted by Gasteiger charge is 2.18. The van der Waals surface area contributed by atoms with E-state index >= 15 is 0 Å². The smallest absolute Gasteiger partial charge is 0.158 e. The molecule has 0 aliphatic carbocycles. The van der Waals surface area contributed by atoms with Crippen LogP contribution in [0, 0.1) is 0 Å². The largest absolute Gasteiger partial charge is 0.504 e. The lowest BCUT2D eigenvalue weighted by Crippen LogP contribution is -2.08. The second-order valence-corrected chi connectivity index (χ2v) is 6.10. The monoisotopic (exact) mass is 334 g/mol. The molecular formula is C18H22O6. The SMILES string of the molecule is C[C@H](O)Cc1cc(O)c(O)cc1-c1cc(O)c(O)cc1C[C@H](C)O. The van der Waals surface area contributed by atoms with Crippen LogP contribution in [-0.4, -0.2) is 42.8 Å². The Morgan fingerprint density at radius 3 is 1.21 bits per heavy atom. The van der Waals surface area contributed by atoms with Crippen molar-refractivity contribution in [2.45, 2.75) is 38.9 Å². The molecule has 0 saturated carbocycles. The third-order valence-electron chi connectivity index (χ3n) is 3.72. The zero-order valence-corrected chi connectivity index (χ0v) is 13.6. The second-order valence-electron chi connectivity index (χ2n) is 6.10. The van der Waals surface area contributed by atoms with Crippen LogP contribution in [0.15, 0.2) is 24.3 Å². The number of benzene rings is 2. The van der Waals surface area contributed by atoms with Crippen molar-refractivity contribution in [2.24, 2.45) is 0 Å². The third kappa shape index (κ3) is 3.90. The minimum atomic E-state index is -0.682. The first-order valence-electron chi connectivity index (χ1n) is 7.65. The van der Waals surface area contributed by atoms with E-state index in [9.17, 15) is 30.6 Å². The Kier molecular flexibility index (Phi) is 5.21. The Morgan fingerprint density at radius 1 is 0.625 bits per heavy atom. The van der Waals surface area contributed by atoms with Crippen molar-refractivity contribution in [2.75, 3.05) is 0 Å². The molecule has 6 nitrogen and oxygen atoms in total. The zero-order chi connectivity index (χ0) is 18.0. The summed E-state index contributed by atoms with van der Waals surface area (Å²) in [6.45, 7) is 3.19. The molecule has 130 valence electrons. The van der Waals surface area contributed by atoms with Crippen molar-refractivity contribution in [3.63, 3.8) is 0 Å². The normalized spacial score (nSPS) is 13.7. The number of aliphatic hydroxyl groups is 2. The maximum absolute atomic E-state index is 9.84. The molecule has 0 aromatic heterocycles. The Balaban J connectivity index is 2.70. The van der Waals surface area contributed by atoms with Crippen LogP contribution in [-0.2, 0) is 12.8 Å². The number of aromatic hydroxyl groups is 4. The first kappa shape index (κ1) is 17.9. The van der Waals surface area contributed by atoms with E-state index in [1.165, 1.54) is 24.3 Å². The van der Waals surface area contributed by atoms with Crippen LogP contribution in [0.3, 0.4) is 0 Å². The quantitative estimate of drug-likeness (QED) is 0.465. The van der Waals surface area contributed by atoms with Gasteiger partial charge in [-0.05, 0) is 73.2 Å². The molecule has 24 heavy (non-hydrogen) atoms. The number of hydrogen-bond acceptors (Lipinski definition) is 6. The summed E-state index contributed by atoms with van der Waals surface area (Å²) in [5.74, 6) is -1.30. The van der Waals surface area contributed by atoms with Crippen LogP contribution in [0.2, 0.25) is 0 Å². The van der Waals surface area contributed by atoms with E-state index < -0.39 is 12.2 Å². The molecule has 0 aliphatic rings. The maximum Gasteiger partial charge on any atom is 0.158 e. The summed E-state index contributed by atoms with van der Waals surface area (Å²) in [5.41, 5.74) is 2.13. The molecule has 0 radical (unpaired) electrons. The molecule has 0 saturated heterocycles. The van der Waals surface area contributed by atoms with Crippen molar-refractivity contribution >= 4 is 0 Å². The van der Waals surface area contributed by atoms with Crippen LogP contribution in [0.1, 0.15) is 25.0 Å². The molecular weight excluding hydrogens is 312 g/mol. The van der Waals surface area contributed by atoms with Gasteiger partial charge in [-0.25, -0.2) is 0 Å². The van der Waals surface area contributed by atoms with Crippen LogP contribution in [0.4, 0.5) is 0 Å². The van der Waals surface area contributed by atoms with E-state index in [0.29, 0.717) is 22.3 Å². The molecule has 0 amide bonds. The number of phenolic OH excluding ortho intramolecular Hbond substituents is 4. The lowest BCUT2D eigenvalue weighted by atomic mass is 9.90. The molecule has 2 aromatic rings. The van der Waals surface area contributed by atoms with Gasteiger partial charge in [-0.15, -0.1) is 0 Å². The van der Waals surface area contributed by atoms with Gasteiger partial charge in [-0.3, -0.25) is 0 Å². The summed E-state index contributed by atoms with van der Waals surface area (Å²) in [4.78, 5) is 0. The average Bonchev–Trinajstić information content (AvgIpc) is 2.45. The van der Waals surface area contributed by atoms with Crippen molar-refractivity contribution in [1.29, 1.82) is 0 Å². The van der Waals surface area contributed by atoms with Gasteiger partial charge in [0.2, 0.25) is 0 Å². The van der Waals surface area contributed by atoms with Gasteiger partial charge in [0, 0.05) is 0 Å². The molecule has 0 heterocycles. The molecule has 0 aliphatic heterocycles. The Labute approximate surface area is 139 Å². The highest BCUT2D eigenvalue weighted by atomic mass is 16.3. The minimum absolute atomic E-state index is 0.221. The topological polar surface area (TPSA) is 121 Å². The molecule has 0 unspecified atom stereocenters. The number of hydrogen-bond donors (Lipinski definition) is 6. The molecule has 0 fully saturated rings. The predicted molar refractivity (Wildman–Crippen MR) is 89.3 cm³/mol. The summed E-state index contributed by atoms with van der Waals surface area (Å²) in [5, 5.41) is 58.5. The fourth-order valence-electron chi connectivity index (χ4n) is 2.72. The fourth-order valence-corrected chi connectivity index (χ4v) is 2.72. The summed E-state index contributed by atoms with van der Waals surface area (Å²) in [6, 6.07) is 5.38. The molecule has 2 atom stereocenters. The van der Waals surface area contributed by atoms with Crippen LogP contribution in [0.25, 0.3) is 11.1 Å². The van der Waals surface area contributed by atoms with Crippen molar-refractivity contribution in [3.05, 3.63) is 35.4 Å². The van der Waals surface area contributed by atoms with Crippen molar-refractivity contribution < 1.29 is 30.6 Å².